The largest absolute Gasteiger partial charge is 0.444 e. The van der Waals surface area contributed by atoms with Gasteiger partial charge in [0, 0.05) is 21.2 Å². The third-order valence-corrected chi connectivity index (χ3v) is 3.90. The van der Waals surface area contributed by atoms with Gasteiger partial charge in [-0.3, -0.25) is 5.32 Å². The van der Waals surface area contributed by atoms with Crippen molar-refractivity contribution in [1.82, 2.24) is 10.2 Å². The number of hydrogen-bond acceptors (Lipinski definition) is 5. The summed E-state index contributed by atoms with van der Waals surface area (Å²) >= 11 is 3.44. The highest BCUT2D eigenvalue weighted by Gasteiger charge is 2.16. The molecule has 0 bridgehead atoms. The highest BCUT2D eigenvalue weighted by atomic mass is 79.9. The first kappa shape index (κ1) is 18.1. The smallest absolute Gasteiger partial charge is 0.412 e. The zero-order chi connectivity index (χ0) is 18.7. The summed E-state index contributed by atoms with van der Waals surface area (Å²) in [4.78, 5) is 11.8. The molecular formula is C19H19BrN4O2. The van der Waals surface area contributed by atoms with Gasteiger partial charge in [0.05, 0.1) is 17.4 Å². The Bertz CT molecular complexity index is 936. The van der Waals surface area contributed by atoms with Gasteiger partial charge >= 0.3 is 6.09 Å². The third kappa shape index (κ3) is 4.70. The normalized spacial score (nSPS) is 11.2. The highest BCUT2D eigenvalue weighted by Crippen LogP contribution is 2.27. The number of carbonyl (C=O) groups excluding carboxylic acids is 1. The Morgan fingerprint density at radius 3 is 2.46 bits per heavy atom. The van der Waals surface area contributed by atoms with Crippen LogP contribution in [0, 0.1) is 0 Å². The van der Waals surface area contributed by atoms with Crippen molar-refractivity contribution < 1.29 is 9.53 Å². The predicted molar refractivity (Wildman–Crippen MR) is 107 cm³/mol. The lowest BCUT2D eigenvalue weighted by atomic mass is 10.2. The number of benzene rings is 2. The Kier molecular flexibility index (Phi) is 5.08. The van der Waals surface area contributed by atoms with Crippen molar-refractivity contribution in [3.05, 3.63) is 53.1 Å². The van der Waals surface area contributed by atoms with Gasteiger partial charge in [-0.1, -0.05) is 15.9 Å². The van der Waals surface area contributed by atoms with E-state index in [0.717, 1.165) is 26.8 Å². The molecule has 0 atom stereocenters. The second-order valence-electron chi connectivity index (χ2n) is 6.75. The lowest BCUT2D eigenvalue weighted by Gasteiger charge is -2.19. The van der Waals surface area contributed by atoms with E-state index in [4.69, 9.17) is 4.74 Å². The molecule has 0 radical (unpaired) electrons. The van der Waals surface area contributed by atoms with Gasteiger partial charge in [0.25, 0.3) is 0 Å². The van der Waals surface area contributed by atoms with Crippen LogP contribution in [0.15, 0.2) is 53.1 Å². The van der Waals surface area contributed by atoms with Crippen molar-refractivity contribution >= 4 is 50.0 Å². The average Bonchev–Trinajstić information content (AvgIpc) is 2.55. The second-order valence-corrected chi connectivity index (χ2v) is 7.66. The maximum Gasteiger partial charge on any atom is 0.412 e. The van der Waals surface area contributed by atoms with Gasteiger partial charge in [-0.15, -0.1) is 0 Å². The molecule has 0 saturated heterocycles. The van der Waals surface area contributed by atoms with Gasteiger partial charge in [-0.2, -0.15) is 10.2 Å². The van der Waals surface area contributed by atoms with E-state index in [1.165, 1.54) is 0 Å². The maximum atomic E-state index is 11.8. The molecule has 1 amide bonds. The van der Waals surface area contributed by atoms with Crippen LogP contribution >= 0.6 is 15.9 Å². The van der Waals surface area contributed by atoms with Gasteiger partial charge in [0.15, 0.2) is 0 Å². The topological polar surface area (TPSA) is 76.1 Å². The van der Waals surface area contributed by atoms with Crippen molar-refractivity contribution in [2.45, 2.75) is 26.4 Å². The number of ether oxygens (including phenoxy) is 1. The van der Waals surface area contributed by atoms with Crippen LogP contribution in [0.25, 0.3) is 10.9 Å². The van der Waals surface area contributed by atoms with E-state index in [1.807, 2.05) is 51.1 Å². The summed E-state index contributed by atoms with van der Waals surface area (Å²) in [5.41, 5.74) is 2.65. The molecule has 2 N–H and O–H groups in total. The predicted octanol–water partition coefficient (Wildman–Crippen LogP) is 5.48. The fraction of sp³-hybridized carbons (Fsp3) is 0.211. The lowest BCUT2D eigenvalue weighted by molar-refractivity contribution is 0.0636. The molecule has 134 valence electrons. The SMILES string of the molecule is CC(C)(C)OC(=O)Nc1ccc(Nc2cnnc3cc(Br)ccc23)cc1. The molecule has 3 rings (SSSR count). The summed E-state index contributed by atoms with van der Waals surface area (Å²) in [7, 11) is 0. The fourth-order valence-electron chi connectivity index (χ4n) is 2.35. The lowest BCUT2D eigenvalue weighted by Crippen LogP contribution is -2.27. The molecule has 2 aromatic carbocycles. The summed E-state index contributed by atoms with van der Waals surface area (Å²) in [6, 6.07) is 13.2. The number of nitrogens with zero attached hydrogens (tertiary/aromatic N) is 2. The van der Waals surface area contributed by atoms with E-state index in [2.05, 4.69) is 36.8 Å². The fourth-order valence-corrected chi connectivity index (χ4v) is 2.70. The van der Waals surface area contributed by atoms with Gasteiger partial charge in [-0.05, 0) is 63.2 Å². The molecule has 0 saturated carbocycles. The molecule has 0 spiro atoms. The molecule has 0 aliphatic carbocycles. The first-order valence-electron chi connectivity index (χ1n) is 8.08. The minimum absolute atomic E-state index is 0.479. The molecule has 0 unspecified atom stereocenters. The first-order valence-corrected chi connectivity index (χ1v) is 8.87. The Balaban J connectivity index is 1.73. The van der Waals surface area contributed by atoms with Crippen molar-refractivity contribution in [2.24, 2.45) is 0 Å². The third-order valence-electron chi connectivity index (χ3n) is 3.41. The van der Waals surface area contributed by atoms with Crippen molar-refractivity contribution in [3.8, 4) is 0 Å². The molecule has 3 aromatic rings. The number of anilines is 3. The van der Waals surface area contributed by atoms with Crippen LogP contribution in [-0.4, -0.2) is 21.9 Å². The van der Waals surface area contributed by atoms with Gasteiger partial charge in [-0.25, -0.2) is 4.79 Å². The number of hydrogen-bond donors (Lipinski definition) is 2. The van der Waals surface area contributed by atoms with E-state index in [1.54, 1.807) is 18.3 Å². The number of fused-ring (bicyclic) bond motifs is 1. The maximum absolute atomic E-state index is 11.8. The van der Waals surface area contributed by atoms with E-state index >= 15 is 0 Å². The van der Waals surface area contributed by atoms with Crippen LogP contribution in [0.4, 0.5) is 21.9 Å². The molecule has 1 aromatic heterocycles. The summed E-state index contributed by atoms with van der Waals surface area (Å²) < 4.78 is 6.19. The molecule has 26 heavy (non-hydrogen) atoms. The average molecular weight is 415 g/mol. The molecule has 0 aliphatic rings. The van der Waals surface area contributed by atoms with Gasteiger partial charge in [0.1, 0.15) is 5.60 Å². The zero-order valence-corrected chi connectivity index (χ0v) is 16.3. The molecule has 6 nitrogen and oxygen atoms in total. The number of aromatic nitrogens is 2. The number of halogens is 1. The Hall–Kier alpha value is -2.67. The zero-order valence-electron chi connectivity index (χ0n) is 14.7. The Morgan fingerprint density at radius 1 is 1.08 bits per heavy atom. The van der Waals surface area contributed by atoms with E-state index < -0.39 is 11.7 Å². The Morgan fingerprint density at radius 2 is 1.77 bits per heavy atom. The molecule has 1 heterocycles. The van der Waals surface area contributed by atoms with Crippen LogP contribution in [0.5, 0.6) is 0 Å². The van der Waals surface area contributed by atoms with Crippen LogP contribution in [-0.2, 0) is 4.74 Å². The van der Waals surface area contributed by atoms with Crippen molar-refractivity contribution in [3.63, 3.8) is 0 Å². The van der Waals surface area contributed by atoms with E-state index in [9.17, 15) is 4.79 Å². The van der Waals surface area contributed by atoms with Gasteiger partial charge < -0.3 is 10.1 Å². The summed E-state index contributed by atoms with van der Waals surface area (Å²) in [5, 5.41) is 15.2. The number of rotatable bonds is 3. The quantitative estimate of drug-likeness (QED) is 0.592. The summed E-state index contributed by atoms with van der Waals surface area (Å²) in [6.07, 6.45) is 1.21. The van der Waals surface area contributed by atoms with Crippen molar-refractivity contribution in [2.75, 3.05) is 10.6 Å². The van der Waals surface area contributed by atoms with E-state index in [-0.39, 0.29) is 0 Å². The molecule has 0 fully saturated rings. The standard InChI is InChI=1S/C19H19BrN4O2/c1-19(2,3)26-18(25)23-14-7-5-13(6-8-14)22-17-11-21-24-16-10-12(20)4-9-15(16)17/h4-11H,1-3H3,(H,22,24)(H,23,25). The molecular weight excluding hydrogens is 396 g/mol. The molecule has 7 heteroatoms. The first-order chi connectivity index (χ1) is 12.3. The van der Waals surface area contributed by atoms with Crippen LogP contribution in [0.2, 0.25) is 0 Å². The highest BCUT2D eigenvalue weighted by molar-refractivity contribution is 9.10. The molecule has 0 aliphatic heterocycles. The number of carbonyl (C=O) groups is 1. The van der Waals surface area contributed by atoms with E-state index in [0.29, 0.717) is 5.69 Å². The number of amides is 1. The van der Waals surface area contributed by atoms with Gasteiger partial charge in [0.2, 0.25) is 0 Å². The summed E-state index contributed by atoms with van der Waals surface area (Å²) in [5.74, 6) is 0. The van der Waals surface area contributed by atoms with Crippen molar-refractivity contribution in [1.29, 1.82) is 0 Å². The van der Waals surface area contributed by atoms with Crippen LogP contribution < -0.4 is 10.6 Å². The number of nitrogens with one attached hydrogen (secondary N) is 2. The second kappa shape index (κ2) is 7.29. The minimum atomic E-state index is -0.532. The van der Waals surface area contributed by atoms with Crippen LogP contribution in [0.1, 0.15) is 20.8 Å². The van der Waals surface area contributed by atoms with Crippen LogP contribution in [0.3, 0.4) is 0 Å². The monoisotopic (exact) mass is 414 g/mol. The minimum Gasteiger partial charge on any atom is -0.444 e. The summed E-state index contributed by atoms with van der Waals surface area (Å²) in [6.45, 7) is 5.47. The Labute approximate surface area is 160 Å².